The summed E-state index contributed by atoms with van der Waals surface area (Å²) in [6.45, 7) is 6.51. The third kappa shape index (κ3) is 5.51. The third-order valence-electron chi connectivity index (χ3n) is 7.53. The molecule has 1 atom stereocenters. The van der Waals surface area contributed by atoms with Gasteiger partial charge in [0, 0.05) is 10.4 Å². The summed E-state index contributed by atoms with van der Waals surface area (Å²) in [6.07, 6.45) is -2.52. The smallest absolute Gasteiger partial charge is 0.433 e. The Balaban J connectivity index is 1.56. The minimum absolute atomic E-state index is 0.0189. The number of methoxy groups -OCH3 is 2. The second-order valence-electron chi connectivity index (χ2n) is 11.1. The average Bonchev–Trinajstić information content (AvgIpc) is 3.47. The van der Waals surface area contributed by atoms with Crippen molar-refractivity contribution in [2.75, 3.05) is 19.5 Å². The van der Waals surface area contributed by atoms with Crippen LogP contribution >= 0.6 is 27.3 Å². The molecule has 0 saturated carbocycles. The van der Waals surface area contributed by atoms with Crippen molar-refractivity contribution < 1.29 is 32.2 Å². The third-order valence-corrected chi connectivity index (χ3v) is 9.43. The zero-order valence-electron chi connectivity index (χ0n) is 23.5. The molecule has 42 heavy (non-hydrogen) atoms. The van der Waals surface area contributed by atoms with Crippen LogP contribution in [0.4, 0.5) is 18.2 Å². The number of thiophene rings is 1. The Bertz CT molecular complexity index is 1690. The Morgan fingerprint density at radius 1 is 1.14 bits per heavy atom. The highest BCUT2D eigenvalue weighted by Gasteiger charge is 2.38. The number of hydrogen-bond acceptors (Lipinski definition) is 7. The normalized spacial score (nSPS) is 15.4. The predicted molar refractivity (Wildman–Crippen MR) is 156 cm³/mol. The van der Waals surface area contributed by atoms with Gasteiger partial charge in [0.1, 0.15) is 10.8 Å². The zero-order chi connectivity index (χ0) is 30.6. The van der Waals surface area contributed by atoms with E-state index in [9.17, 15) is 22.8 Å². The van der Waals surface area contributed by atoms with E-state index < -0.39 is 23.7 Å². The van der Waals surface area contributed by atoms with Gasteiger partial charge in [-0.05, 0) is 82.4 Å². The summed E-state index contributed by atoms with van der Waals surface area (Å²) in [5.74, 6) is -0.452. The summed E-state index contributed by atoms with van der Waals surface area (Å²) >= 11 is 4.54. The Morgan fingerprint density at radius 3 is 2.43 bits per heavy atom. The van der Waals surface area contributed by atoms with Crippen LogP contribution in [0.1, 0.15) is 64.2 Å². The first-order valence-electron chi connectivity index (χ1n) is 13.1. The quantitative estimate of drug-likeness (QED) is 0.223. The van der Waals surface area contributed by atoms with Crippen LogP contribution in [0.25, 0.3) is 16.9 Å². The van der Waals surface area contributed by atoms with Crippen molar-refractivity contribution in [1.29, 1.82) is 0 Å². The molecule has 1 aliphatic carbocycles. The number of amides is 1. The van der Waals surface area contributed by atoms with Crippen LogP contribution in [0.5, 0.6) is 5.75 Å². The Kier molecular flexibility index (Phi) is 7.86. The van der Waals surface area contributed by atoms with E-state index in [0.29, 0.717) is 28.2 Å². The van der Waals surface area contributed by atoms with Gasteiger partial charge in [-0.25, -0.2) is 14.3 Å². The molecule has 1 aliphatic rings. The highest BCUT2D eigenvalue weighted by molar-refractivity contribution is 9.10. The number of nitrogens with zero attached hydrogens (tertiary/aromatic N) is 3. The minimum Gasteiger partial charge on any atom is -0.497 e. The second-order valence-corrected chi connectivity index (χ2v) is 13.0. The van der Waals surface area contributed by atoms with Gasteiger partial charge in [0.15, 0.2) is 17.0 Å². The van der Waals surface area contributed by atoms with E-state index in [1.54, 1.807) is 24.3 Å². The molecular weight excluding hydrogens is 637 g/mol. The number of rotatable bonds is 5. The number of benzene rings is 1. The lowest BCUT2D eigenvalue weighted by atomic mass is 9.72. The number of fused-ring (bicyclic) bond motifs is 2. The molecule has 3 heterocycles. The lowest BCUT2D eigenvalue weighted by Gasteiger charge is -2.33. The molecule has 4 aromatic rings. The van der Waals surface area contributed by atoms with Crippen LogP contribution < -0.4 is 10.1 Å². The molecule has 0 bridgehead atoms. The van der Waals surface area contributed by atoms with Crippen molar-refractivity contribution in [3.63, 3.8) is 0 Å². The SMILES string of the molecule is COC(=O)c1c(NC(=O)c2nn3c(C(F)(F)F)cc(-c4ccc(OC)cc4)nc3c2Br)sc2c1CCC(C(C)(C)C)C2. The predicted octanol–water partition coefficient (Wildman–Crippen LogP) is 7.44. The molecule has 222 valence electrons. The topological polar surface area (TPSA) is 94.8 Å². The molecule has 3 aromatic heterocycles. The molecule has 1 N–H and O–H groups in total. The molecule has 8 nitrogen and oxygen atoms in total. The van der Waals surface area contributed by atoms with Crippen molar-refractivity contribution in [3.8, 4) is 17.0 Å². The number of halogens is 4. The van der Waals surface area contributed by atoms with Crippen LogP contribution in [0, 0.1) is 11.3 Å². The fourth-order valence-corrected chi connectivity index (χ4v) is 6.97. The van der Waals surface area contributed by atoms with Crippen molar-refractivity contribution in [2.24, 2.45) is 11.3 Å². The minimum atomic E-state index is -4.80. The maximum Gasteiger partial charge on any atom is 0.433 e. The van der Waals surface area contributed by atoms with E-state index in [1.165, 1.54) is 25.6 Å². The van der Waals surface area contributed by atoms with Gasteiger partial charge in [-0.2, -0.15) is 18.3 Å². The fraction of sp³-hybridized carbons (Fsp3) is 0.379. The summed E-state index contributed by atoms with van der Waals surface area (Å²) in [4.78, 5) is 31.7. The maximum absolute atomic E-state index is 14.2. The molecular formula is C29H28BrF3N4O4S. The Labute approximate surface area is 252 Å². The Hall–Kier alpha value is -3.45. The van der Waals surface area contributed by atoms with Crippen molar-refractivity contribution in [1.82, 2.24) is 14.6 Å². The molecule has 0 spiro atoms. The molecule has 1 unspecified atom stereocenters. The van der Waals surface area contributed by atoms with Gasteiger partial charge >= 0.3 is 12.1 Å². The Morgan fingerprint density at radius 2 is 1.83 bits per heavy atom. The number of hydrogen-bond donors (Lipinski definition) is 1. The van der Waals surface area contributed by atoms with Gasteiger partial charge in [0.05, 0.1) is 29.9 Å². The lowest BCUT2D eigenvalue weighted by molar-refractivity contribution is -0.142. The standard InChI is InChI=1S/C29H28BrF3N4O4S/c1-28(2,3)15-8-11-17-19(12-15)42-26(21(17)27(39)41-5)35-25(38)23-22(30)24-34-18(14-6-9-16(40-4)10-7-14)13-20(29(31,32)33)37(24)36-23/h6-7,9-10,13,15H,8,11-12H2,1-5H3,(H,35,38). The van der Waals surface area contributed by atoms with E-state index in [4.69, 9.17) is 9.47 Å². The summed E-state index contributed by atoms with van der Waals surface area (Å²) in [7, 11) is 2.75. The van der Waals surface area contributed by atoms with Crippen LogP contribution in [0.3, 0.4) is 0 Å². The zero-order valence-corrected chi connectivity index (χ0v) is 25.9. The molecule has 0 saturated heterocycles. The number of ether oxygens (including phenoxy) is 2. The van der Waals surface area contributed by atoms with E-state index >= 15 is 0 Å². The van der Waals surface area contributed by atoms with E-state index in [1.807, 2.05) is 0 Å². The van der Waals surface area contributed by atoms with E-state index in [0.717, 1.165) is 29.3 Å². The van der Waals surface area contributed by atoms with Crippen molar-refractivity contribution in [2.45, 2.75) is 46.2 Å². The molecule has 0 fully saturated rings. The lowest BCUT2D eigenvalue weighted by Crippen LogP contribution is -2.26. The maximum atomic E-state index is 14.2. The summed E-state index contributed by atoms with van der Waals surface area (Å²) in [5, 5.41) is 7.00. The molecule has 0 aliphatic heterocycles. The van der Waals surface area contributed by atoms with Gasteiger partial charge in [-0.3, -0.25) is 4.79 Å². The monoisotopic (exact) mass is 664 g/mol. The average molecular weight is 666 g/mol. The first-order chi connectivity index (χ1) is 19.7. The van der Waals surface area contributed by atoms with Crippen LogP contribution in [0.15, 0.2) is 34.8 Å². The number of anilines is 1. The number of carbonyl (C=O) groups excluding carboxylic acids is 2. The number of esters is 1. The van der Waals surface area contributed by atoms with Gasteiger partial charge < -0.3 is 14.8 Å². The van der Waals surface area contributed by atoms with Crippen molar-refractivity contribution in [3.05, 3.63) is 62.2 Å². The molecule has 5 rings (SSSR count). The highest BCUT2D eigenvalue weighted by atomic mass is 79.9. The largest absolute Gasteiger partial charge is 0.497 e. The van der Waals surface area contributed by atoms with E-state index in [-0.39, 0.29) is 37.5 Å². The molecule has 1 amide bonds. The summed E-state index contributed by atoms with van der Waals surface area (Å²) in [5.41, 5.74) is 0.0259. The van der Waals surface area contributed by atoms with Crippen LogP contribution in [0.2, 0.25) is 0 Å². The number of aromatic nitrogens is 3. The van der Waals surface area contributed by atoms with Crippen LogP contribution in [-0.4, -0.2) is 40.7 Å². The number of carbonyl (C=O) groups is 2. The second kappa shape index (κ2) is 11.0. The first-order valence-corrected chi connectivity index (χ1v) is 14.7. The molecule has 1 aromatic carbocycles. The summed E-state index contributed by atoms with van der Waals surface area (Å²) < 4.78 is 53.3. The fourth-order valence-electron chi connectivity index (χ4n) is 5.14. The summed E-state index contributed by atoms with van der Waals surface area (Å²) in [6, 6.07) is 7.29. The molecule has 13 heteroatoms. The highest BCUT2D eigenvalue weighted by Crippen LogP contribution is 2.45. The van der Waals surface area contributed by atoms with Gasteiger partial charge in [0.2, 0.25) is 0 Å². The van der Waals surface area contributed by atoms with E-state index in [2.05, 4.69) is 52.1 Å². The van der Waals surface area contributed by atoms with Crippen LogP contribution in [-0.2, 0) is 23.8 Å². The van der Waals surface area contributed by atoms with Gasteiger partial charge in [0.25, 0.3) is 5.91 Å². The first kappa shape index (κ1) is 30.0. The molecule has 0 radical (unpaired) electrons. The van der Waals surface area contributed by atoms with Crippen molar-refractivity contribution >= 4 is 49.8 Å². The van der Waals surface area contributed by atoms with Gasteiger partial charge in [-0.15, -0.1) is 11.3 Å². The number of nitrogens with one attached hydrogen (secondary N) is 1. The number of alkyl halides is 3. The van der Waals surface area contributed by atoms with Gasteiger partial charge in [-0.1, -0.05) is 20.8 Å².